The Morgan fingerprint density at radius 2 is 1.68 bits per heavy atom. The van der Waals surface area contributed by atoms with Crippen molar-refractivity contribution in [2.75, 3.05) is 36.6 Å². The maximum atomic E-state index is 5.65. The van der Waals surface area contributed by atoms with E-state index >= 15 is 0 Å². The molecule has 1 aromatic rings. The summed E-state index contributed by atoms with van der Waals surface area (Å²) in [5.74, 6) is 1.40. The van der Waals surface area contributed by atoms with E-state index in [-0.39, 0.29) is 5.95 Å². The molecule has 0 bridgehead atoms. The summed E-state index contributed by atoms with van der Waals surface area (Å²) >= 11 is 0. The average Bonchev–Trinajstić information content (AvgIpc) is 2.37. The third kappa shape index (κ3) is 6.22. The van der Waals surface area contributed by atoms with E-state index in [0.29, 0.717) is 11.9 Å². The minimum Gasteiger partial charge on any atom is -0.368 e. The van der Waals surface area contributed by atoms with E-state index in [1.54, 1.807) is 0 Å². The van der Waals surface area contributed by atoms with Gasteiger partial charge in [-0.05, 0) is 6.42 Å². The van der Waals surface area contributed by atoms with Crippen molar-refractivity contribution in [2.24, 2.45) is 0 Å². The van der Waals surface area contributed by atoms with Gasteiger partial charge in [0.1, 0.15) is 0 Å². The molecule has 3 N–H and O–H groups in total. The third-order valence-corrected chi connectivity index (χ3v) is 2.85. The van der Waals surface area contributed by atoms with Crippen molar-refractivity contribution >= 4 is 17.8 Å². The lowest BCUT2D eigenvalue weighted by Gasteiger charge is -2.12. The lowest BCUT2D eigenvalue weighted by atomic mass is 10.1. The quantitative estimate of drug-likeness (QED) is 0.668. The third-order valence-electron chi connectivity index (χ3n) is 2.85. The summed E-state index contributed by atoms with van der Waals surface area (Å²) in [4.78, 5) is 14.2. The van der Waals surface area contributed by atoms with Crippen molar-refractivity contribution in [1.82, 2.24) is 15.0 Å². The highest BCUT2D eigenvalue weighted by atomic mass is 15.3. The Bertz CT molecular complexity index is 366. The lowest BCUT2D eigenvalue weighted by Crippen LogP contribution is -2.16. The molecule has 0 fully saturated rings. The van der Waals surface area contributed by atoms with Crippen LogP contribution in [0.15, 0.2) is 0 Å². The van der Waals surface area contributed by atoms with Crippen molar-refractivity contribution < 1.29 is 0 Å². The van der Waals surface area contributed by atoms with Gasteiger partial charge in [-0.3, -0.25) is 0 Å². The molecule has 0 aliphatic carbocycles. The Balaban J connectivity index is 2.29. The first kappa shape index (κ1) is 15.5. The molecule has 0 saturated heterocycles. The highest BCUT2D eigenvalue weighted by Crippen LogP contribution is 2.10. The van der Waals surface area contributed by atoms with Gasteiger partial charge in [0, 0.05) is 20.6 Å². The Hall–Kier alpha value is -1.59. The molecule has 0 aliphatic heterocycles. The molecule has 0 spiro atoms. The maximum Gasteiger partial charge on any atom is 0.231 e. The number of hydrogen-bond donors (Lipinski definition) is 2. The highest BCUT2D eigenvalue weighted by Gasteiger charge is 2.05. The van der Waals surface area contributed by atoms with E-state index < -0.39 is 0 Å². The second kappa shape index (κ2) is 8.50. The minimum absolute atomic E-state index is 0.254. The number of hydrogen-bond acceptors (Lipinski definition) is 6. The maximum absolute atomic E-state index is 5.65. The normalized spacial score (nSPS) is 10.5. The van der Waals surface area contributed by atoms with Gasteiger partial charge in [0.05, 0.1) is 0 Å². The number of rotatable bonds is 9. The second-order valence-corrected chi connectivity index (χ2v) is 4.91. The van der Waals surface area contributed by atoms with Gasteiger partial charge in [-0.25, -0.2) is 0 Å². The smallest absolute Gasteiger partial charge is 0.231 e. The van der Waals surface area contributed by atoms with Crippen LogP contribution in [0.3, 0.4) is 0 Å². The number of aromatic nitrogens is 3. The molecule has 6 heteroatoms. The zero-order valence-electron chi connectivity index (χ0n) is 12.3. The van der Waals surface area contributed by atoms with Crippen LogP contribution in [-0.2, 0) is 0 Å². The summed E-state index contributed by atoms with van der Waals surface area (Å²) in [5, 5.41) is 3.20. The van der Waals surface area contributed by atoms with Gasteiger partial charge in [-0.1, -0.05) is 39.0 Å². The van der Waals surface area contributed by atoms with Gasteiger partial charge < -0.3 is 16.0 Å². The number of nitrogens with one attached hydrogen (secondary N) is 1. The fraction of sp³-hybridized carbons (Fsp3) is 0.769. The van der Waals surface area contributed by atoms with E-state index in [1.165, 1.54) is 32.1 Å². The summed E-state index contributed by atoms with van der Waals surface area (Å²) in [7, 11) is 3.76. The zero-order chi connectivity index (χ0) is 14.1. The highest BCUT2D eigenvalue weighted by molar-refractivity contribution is 5.40. The van der Waals surface area contributed by atoms with Crippen LogP contribution < -0.4 is 16.0 Å². The molecule has 0 amide bonds. The van der Waals surface area contributed by atoms with Crippen molar-refractivity contribution in [2.45, 2.75) is 45.4 Å². The van der Waals surface area contributed by atoms with E-state index in [4.69, 9.17) is 5.73 Å². The summed E-state index contributed by atoms with van der Waals surface area (Å²) in [6, 6.07) is 0. The largest absolute Gasteiger partial charge is 0.368 e. The monoisotopic (exact) mass is 266 g/mol. The standard InChI is InChI=1S/C13H26N6/c1-4-5-6-7-8-9-10-15-12-16-11(14)17-13(18-12)19(2)3/h4-10H2,1-3H3,(H3,14,15,16,17,18). The Kier molecular flexibility index (Phi) is 6.92. The fourth-order valence-electron chi connectivity index (χ4n) is 1.77. The van der Waals surface area contributed by atoms with Crippen LogP contribution in [0.25, 0.3) is 0 Å². The molecular formula is C13H26N6. The molecule has 0 aromatic carbocycles. The molecule has 0 unspecified atom stereocenters. The number of nitrogens with zero attached hydrogens (tertiary/aromatic N) is 4. The SMILES string of the molecule is CCCCCCCCNc1nc(N)nc(N(C)C)n1. The van der Waals surface area contributed by atoms with Gasteiger partial charge in [0.25, 0.3) is 0 Å². The summed E-state index contributed by atoms with van der Waals surface area (Å²) < 4.78 is 0. The van der Waals surface area contributed by atoms with E-state index in [1.807, 2.05) is 19.0 Å². The van der Waals surface area contributed by atoms with Crippen LogP contribution in [0, 0.1) is 0 Å². The van der Waals surface area contributed by atoms with E-state index in [2.05, 4.69) is 27.2 Å². The van der Waals surface area contributed by atoms with Crippen LogP contribution in [0.5, 0.6) is 0 Å². The Morgan fingerprint density at radius 3 is 2.37 bits per heavy atom. The molecule has 0 aliphatic rings. The van der Waals surface area contributed by atoms with Crippen molar-refractivity contribution in [3.8, 4) is 0 Å². The predicted octanol–water partition coefficient (Wildman–Crippen LogP) is 2.29. The predicted molar refractivity (Wildman–Crippen MR) is 80.4 cm³/mol. The molecule has 6 nitrogen and oxygen atoms in total. The first-order chi connectivity index (χ1) is 9.13. The topological polar surface area (TPSA) is 80.0 Å². The van der Waals surface area contributed by atoms with Crippen LogP contribution in [0.4, 0.5) is 17.8 Å². The molecular weight excluding hydrogens is 240 g/mol. The van der Waals surface area contributed by atoms with Crippen LogP contribution in [0.2, 0.25) is 0 Å². The zero-order valence-corrected chi connectivity index (χ0v) is 12.3. The first-order valence-electron chi connectivity index (χ1n) is 7.06. The second-order valence-electron chi connectivity index (χ2n) is 4.91. The van der Waals surface area contributed by atoms with E-state index in [0.717, 1.165) is 13.0 Å². The number of nitrogens with two attached hydrogens (primary N) is 1. The molecule has 0 saturated carbocycles. The molecule has 0 radical (unpaired) electrons. The Morgan fingerprint density at radius 1 is 1.00 bits per heavy atom. The molecule has 1 rings (SSSR count). The minimum atomic E-state index is 0.254. The number of anilines is 3. The van der Waals surface area contributed by atoms with Crippen LogP contribution in [-0.4, -0.2) is 35.6 Å². The van der Waals surface area contributed by atoms with Crippen LogP contribution in [0.1, 0.15) is 45.4 Å². The van der Waals surface area contributed by atoms with Gasteiger partial charge >= 0.3 is 0 Å². The van der Waals surface area contributed by atoms with Crippen LogP contribution >= 0.6 is 0 Å². The van der Waals surface area contributed by atoms with Gasteiger partial charge in [0.2, 0.25) is 17.8 Å². The molecule has 0 atom stereocenters. The number of nitrogen functional groups attached to an aromatic ring is 1. The Labute approximate surface area is 115 Å². The summed E-state index contributed by atoms with van der Waals surface area (Å²) in [6.45, 7) is 3.11. The van der Waals surface area contributed by atoms with Gasteiger partial charge in [-0.15, -0.1) is 0 Å². The number of unbranched alkanes of at least 4 members (excludes halogenated alkanes) is 5. The average molecular weight is 266 g/mol. The molecule has 1 heterocycles. The summed E-state index contributed by atoms with van der Waals surface area (Å²) in [5.41, 5.74) is 5.65. The lowest BCUT2D eigenvalue weighted by molar-refractivity contribution is 0.616. The fourth-order valence-corrected chi connectivity index (χ4v) is 1.77. The van der Waals surface area contributed by atoms with Gasteiger partial charge in [0.15, 0.2) is 0 Å². The molecule has 1 aromatic heterocycles. The van der Waals surface area contributed by atoms with Gasteiger partial charge in [-0.2, -0.15) is 15.0 Å². The molecule has 19 heavy (non-hydrogen) atoms. The summed E-state index contributed by atoms with van der Waals surface area (Å²) in [6.07, 6.45) is 7.64. The van der Waals surface area contributed by atoms with Crippen molar-refractivity contribution in [1.29, 1.82) is 0 Å². The van der Waals surface area contributed by atoms with Crippen molar-refractivity contribution in [3.05, 3.63) is 0 Å². The van der Waals surface area contributed by atoms with E-state index in [9.17, 15) is 0 Å². The first-order valence-corrected chi connectivity index (χ1v) is 7.06. The van der Waals surface area contributed by atoms with Crippen molar-refractivity contribution in [3.63, 3.8) is 0 Å². The molecule has 108 valence electrons.